The zero-order chi connectivity index (χ0) is 10.1. The van der Waals surface area contributed by atoms with Crippen molar-refractivity contribution in [2.75, 3.05) is 6.54 Å². The Kier molecular flexibility index (Phi) is 3.28. The molecule has 0 aromatic rings. The van der Waals surface area contributed by atoms with Gasteiger partial charge in [0.25, 0.3) is 0 Å². The van der Waals surface area contributed by atoms with Gasteiger partial charge < -0.3 is 5.32 Å². The van der Waals surface area contributed by atoms with E-state index in [-0.39, 0.29) is 11.5 Å². The van der Waals surface area contributed by atoms with E-state index in [1.54, 1.807) is 0 Å². The molecule has 1 fully saturated rings. The fourth-order valence-corrected chi connectivity index (χ4v) is 1.84. The quantitative estimate of drug-likeness (QED) is 0.672. The summed E-state index contributed by atoms with van der Waals surface area (Å²) in [5, 5.41) is 3.31. The molecule has 0 amide bonds. The van der Waals surface area contributed by atoms with Gasteiger partial charge in [0, 0.05) is 12.0 Å². The third-order valence-electron chi connectivity index (χ3n) is 2.85. The molecule has 2 atom stereocenters. The Morgan fingerprint density at radius 3 is 2.38 bits per heavy atom. The Bertz CT molecular complexity index is 163. The lowest BCUT2D eigenvalue weighted by Gasteiger charge is -2.38. The van der Waals surface area contributed by atoms with Crippen LogP contribution in [0.15, 0.2) is 0 Å². The maximum absolute atomic E-state index is 12.5. The minimum Gasteiger partial charge on any atom is -0.313 e. The van der Waals surface area contributed by atoms with Crippen molar-refractivity contribution in [2.45, 2.75) is 46.1 Å². The van der Waals surface area contributed by atoms with Crippen molar-refractivity contribution in [3.05, 3.63) is 0 Å². The number of nitrogens with one attached hydrogen (secondary N) is 1. The van der Waals surface area contributed by atoms with Crippen LogP contribution in [0.3, 0.4) is 0 Å². The molecule has 1 aliphatic rings. The molecule has 1 saturated heterocycles. The van der Waals surface area contributed by atoms with E-state index in [4.69, 9.17) is 0 Å². The Balaban J connectivity index is 2.52. The monoisotopic (exact) mass is 191 g/mol. The van der Waals surface area contributed by atoms with Crippen molar-refractivity contribution in [2.24, 2.45) is 11.3 Å². The highest BCUT2D eigenvalue weighted by Gasteiger charge is 2.33. The van der Waals surface area contributed by atoms with Crippen molar-refractivity contribution < 1.29 is 8.78 Å². The van der Waals surface area contributed by atoms with Crippen LogP contribution in [-0.4, -0.2) is 19.0 Å². The molecule has 78 valence electrons. The van der Waals surface area contributed by atoms with Gasteiger partial charge in [-0.25, -0.2) is 8.78 Å². The van der Waals surface area contributed by atoms with E-state index in [9.17, 15) is 8.78 Å². The summed E-state index contributed by atoms with van der Waals surface area (Å²) in [5.41, 5.74) is 0.0908. The van der Waals surface area contributed by atoms with E-state index >= 15 is 0 Å². The summed E-state index contributed by atoms with van der Waals surface area (Å²) in [7, 11) is 0. The molecule has 3 heteroatoms. The van der Waals surface area contributed by atoms with Crippen LogP contribution in [0.25, 0.3) is 0 Å². The Morgan fingerprint density at radius 2 is 1.92 bits per heavy atom. The molecule has 1 rings (SSSR count). The van der Waals surface area contributed by atoms with Gasteiger partial charge in [-0.05, 0) is 24.8 Å². The van der Waals surface area contributed by atoms with Crippen molar-refractivity contribution in [1.29, 1.82) is 0 Å². The number of halogens is 2. The van der Waals surface area contributed by atoms with Crippen LogP contribution in [0.5, 0.6) is 0 Å². The van der Waals surface area contributed by atoms with Crippen LogP contribution < -0.4 is 5.32 Å². The molecular formula is C10H19F2N. The van der Waals surface area contributed by atoms with E-state index in [1.807, 2.05) is 0 Å². The Morgan fingerprint density at radius 1 is 1.31 bits per heavy atom. The van der Waals surface area contributed by atoms with Crippen molar-refractivity contribution in [1.82, 2.24) is 5.32 Å². The average molecular weight is 191 g/mol. The first-order valence-electron chi connectivity index (χ1n) is 4.93. The minimum atomic E-state index is -2.15. The molecule has 1 N–H and O–H groups in total. The second-order valence-electron chi connectivity index (χ2n) is 4.99. The predicted octanol–water partition coefficient (Wildman–Crippen LogP) is 2.67. The summed E-state index contributed by atoms with van der Waals surface area (Å²) in [5.74, 6) is -0.398. The highest BCUT2D eigenvalue weighted by Crippen LogP contribution is 2.31. The van der Waals surface area contributed by atoms with Gasteiger partial charge in [-0.3, -0.25) is 0 Å². The van der Waals surface area contributed by atoms with Crippen LogP contribution >= 0.6 is 0 Å². The molecule has 0 aromatic heterocycles. The van der Waals surface area contributed by atoms with Gasteiger partial charge in [-0.15, -0.1) is 0 Å². The molecule has 0 spiro atoms. The van der Waals surface area contributed by atoms with Crippen molar-refractivity contribution in [3.63, 3.8) is 0 Å². The lowest BCUT2D eigenvalue weighted by molar-refractivity contribution is 0.0358. The standard InChI is InChI=1S/C10H19F2N/c1-10(2,3)8-6-7(9(11)12)4-5-13-8/h7-9,13H,4-6H2,1-3H3. The van der Waals surface area contributed by atoms with Gasteiger partial charge in [0.05, 0.1) is 0 Å². The summed E-state index contributed by atoms with van der Waals surface area (Å²) < 4.78 is 24.9. The highest BCUT2D eigenvalue weighted by molar-refractivity contribution is 4.87. The minimum absolute atomic E-state index is 0.0908. The molecule has 1 heterocycles. The second kappa shape index (κ2) is 3.91. The fraction of sp³-hybridized carbons (Fsp3) is 1.00. The van der Waals surface area contributed by atoms with E-state index in [0.29, 0.717) is 12.8 Å². The number of alkyl halides is 2. The fourth-order valence-electron chi connectivity index (χ4n) is 1.84. The molecule has 13 heavy (non-hydrogen) atoms. The Labute approximate surface area is 78.9 Å². The Hall–Kier alpha value is -0.180. The van der Waals surface area contributed by atoms with Crippen LogP contribution in [0.2, 0.25) is 0 Å². The van der Waals surface area contributed by atoms with Gasteiger partial charge >= 0.3 is 0 Å². The first-order valence-corrected chi connectivity index (χ1v) is 4.93. The molecular weight excluding hydrogens is 172 g/mol. The maximum Gasteiger partial charge on any atom is 0.241 e. The van der Waals surface area contributed by atoms with Crippen LogP contribution in [-0.2, 0) is 0 Å². The van der Waals surface area contributed by atoms with E-state index in [1.165, 1.54) is 0 Å². The normalized spacial score (nSPS) is 30.9. The number of hydrogen-bond donors (Lipinski definition) is 1. The largest absolute Gasteiger partial charge is 0.313 e. The van der Waals surface area contributed by atoms with Crippen LogP contribution in [0.1, 0.15) is 33.6 Å². The zero-order valence-corrected chi connectivity index (χ0v) is 8.61. The van der Waals surface area contributed by atoms with E-state index in [2.05, 4.69) is 26.1 Å². The number of hydrogen-bond acceptors (Lipinski definition) is 1. The molecule has 1 nitrogen and oxygen atoms in total. The second-order valence-corrected chi connectivity index (χ2v) is 4.99. The smallest absolute Gasteiger partial charge is 0.241 e. The summed E-state index contributed by atoms with van der Waals surface area (Å²) in [6.07, 6.45) is -0.919. The topological polar surface area (TPSA) is 12.0 Å². The lowest BCUT2D eigenvalue weighted by Crippen LogP contribution is -2.47. The summed E-state index contributed by atoms with van der Waals surface area (Å²) in [6, 6.07) is 0.236. The van der Waals surface area contributed by atoms with Crippen molar-refractivity contribution in [3.8, 4) is 0 Å². The van der Waals surface area contributed by atoms with Gasteiger partial charge in [-0.1, -0.05) is 20.8 Å². The molecule has 0 aromatic carbocycles. The summed E-state index contributed by atoms with van der Waals surface area (Å²) >= 11 is 0. The van der Waals surface area contributed by atoms with Crippen LogP contribution in [0.4, 0.5) is 8.78 Å². The zero-order valence-electron chi connectivity index (χ0n) is 8.61. The molecule has 0 radical (unpaired) electrons. The predicted molar refractivity (Wildman–Crippen MR) is 50.0 cm³/mol. The van der Waals surface area contributed by atoms with Gasteiger partial charge in [0.2, 0.25) is 6.43 Å². The van der Waals surface area contributed by atoms with Gasteiger partial charge in [0.15, 0.2) is 0 Å². The molecule has 0 bridgehead atoms. The average Bonchev–Trinajstić information content (AvgIpc) is 2.03. The highest BCUT2D eigenvalue weighted by atomic mass is 19.3. The molecule has 0 aliphatic carbocycles. The van der Waals surface area contributed by atoms with Crippen molar-refractivity contribution >= 4 is 0 Å². The molecule has 1 aliphatic heterocycles. The first-order chi connectivity index (χ1) is 5.91. The number of rotatable bonds is 1. The van der Waals surface area contributed by atoms with Gasteiger partial charge in [-0.2, -0.15) is 0 Å². The van der Waals surface area contributed by atoms with E-state index < -0.39 is 12.3 Å². The first kappa shape index (κ1) is 10.9. The molecule has 2 unspecified atom stereocenters. The number of piperidine rings is 1. The lowest BCUT2D eigenvalue weighted by atomic mass is 9.78. The van der Waals surface area contributed by atoms with Gasteiger partial charge in [0.1, 0.15) is 0 Å². The molecule has 0 saturated carbocycles. The maximum atomic E-state index is 12.5. The third kappa shape index (κ3) is 2.90. The van der Waals surface area contributed by atoms with Crippen LogP contribution in [0, 0.1) is 11.3 Å². The summed E-state index contributed by atoms with van der Waals surface area (Å²) in [4.78, 5) is 0. The SMILES string of the molecule is CC(C)(C)C1CC(C(F)F)CCN1. The third-order valence-corrected chi connectivity index (χ3v) is 2.85. The van der Waals surface area contributed by atoms with E-state index in [0.717, 1.165) is 6.54 Å². The summed E-state index contributed by atoms with van der Waals surface area (Å²) in [6.45, 7) is 7.02.